The molecule has 0 aromatic heterocycles. The Morgan fingerprint density at radius 3 is 2.90 bits per heavy atom. The lowest BCUT2D eigenvalue weighted by atomic mass is 9.98. The standard InChI is InChI=1S/C17H21NO2/c1-12-4-3-9-18(17(12)20)11-16(19)15-8-7-13-5-2-6-14(13)10-15/h7-8,10,12H,2-6,9,11H2,1H3. The molecule has 1 unspecified atom stereocenters. The molecule has 3 nitrogen and oxygen atoms in total. The molecule has 1 aliphatic carbocycles. The van der Waals surface area contributed by atoms with Crippen molar-refractivity contribution in [2.45, 2.75) is 39.0 Å². The summed E-state index contributed by atoms with van der Waals surface area (Å²) in [6.07, 6.45) is 5.35. The topological polar surface area (TPSA) is 37.4 Å². The van der Waals surface area contributed by atoms with Gasteiger partial charge in [-0.15, -0.1) is 0 Å². The van der Waals surface area contributed by atoms with Gasteiger partial charge in [0.1, 0.15) is 0 Å². The molecule has 20 heavy (non-hydrogen) atoms. The van der Waals surface area contributed by atoms with E-state index in [0.717, 1.165) is 37.8 Å². The van der Waals surface area contributed by atoms with Crippen LogP contribution in [0, 0.1) is 5.92 Å². The van der Waals surface area contributed by atoms with E-state index < -0.39 is 0 Å². The van der Waals surface area contributed by atoms with Crippen molar-refractivity contribution in [1.29, 1.82) is 0 Å². The molecule has 1 saturated heterocycles. The summed E-state index contributed by atoms with van der Waals surface area (Å²) in [4.78, 5) is 26.2. The number of rotatable bonds is 3. The number of fused-ring (bicyclic) bond motifs is 1. The minimum absolute atomic E-state index is 0.0663. The number of hydrogen-bond donors (Lipinski definition) is 0. The van der Waals surface area contributed by atoms with E-state index >= 15 is 0 Å². The van der Waals surface area contributed by atoms with Gasteiger partial charge in [0, 0.05) is 18.0 Å². The van der Waals surface area contributed by atoms with Gasteiger partial charge in [-0.2, -0.15) is 0 Å². The van der Waals surface area contributed by atoms with Gasteiger partial charge in [-0.05, 0) is 49.3 Å². The third kappa shape index (κ3) is 2.49. The maximum absolute atomic E-state index is 12.4. The highest BCUT2D eigenvalue weighted by Crippen LogP contribution is 2.23. The van der Waals surface area contributed by atoms with Gasteiger partial charge in [0.2, 0.25) is 5.91 Å². The van der Waals surface area contributed by atoms with Crippen LogP contribution in [-0.2, 0) is 17.6 Å². The molecule has 0 saturated carbocycles. The first kappa shape index (κ1) is 13.3. The van der Waals surface area contributed by atoms with E-state index in [-0.39, 0.29) is 24.2 Å². The molecule has 0 N–H and O–H groups in total. The van der Waals surface area contributed by atoms with Crippen LogP contribution in [0.25, 0.3) is 0 Å². The molecule has 0 bridgehead atoms. The van der Waals surface area contributed by atoms with Gasteiger partial charge in [0.05, 0.1) is 6.54 Å². The number of carbonyl (C=O) groups excluding carboxylic acids is 2. The second-order valence-corrected chi connectivity index (χ2v) is 6.06. The van der Waals surface area contributed by atoms with Crippen molar-refractivity contribution in [3.63, 3.8) is 0 Å². The molecule has 1 amide bonds. The molecule has 2 aliphatic rings. The lowest BCUT2D eigenvalue weighted by Crippen LogP contribution is -2.43. The van der Waals surface area contributed by atoms with Gasteiger partial charge < -0.3 is 4.90 Å². The molecule has 1 aliphatic heterocycles. The maximum Gasteiger partial charge on any atom is 0.225 e. The quantitative estimate of drug-likeness (QED) is 0.792. The highest BCUT2D eigenvalue weighted by Gasteiger charge is 2.27. The van der Waals surface area contributed by atoms with E-state index in [2.05, 4.69) is 6.07 Å². The Hall–Kier alpha value is -1.64. The Kier molecular flexibility index (Phi) is 3.60. The Bertz CT molecular complexity index is 550. The first-order valence-electron chi connectivity index (χ1n) is 7.59. The zero-order chi connectivity index (χ0) is 14.1. The number of benzene rings is 1. The zero-order valence-electron chi connectivity index (χ0n) is 12.0. The van der Waals surface area contributed by atoms with Crippen LogP contribution in [-0.4, -0.2) is 29.7 Å². The molecular formula is C17H21NO2. The van der Waals surface area contributed by atoms with Gasteiger partial charge in [-0.25, -0.2) is 0 Å². The van der Waals surface area contributed by atoms with E-state index in [1.54, 1.807) is 4.90 Å². The number of Topliss-reactive ketones (excluding diaryl/α,β-unsaturated/α-hetero) is 1. The SMILES string of the molecule is CC1CCCN(CC(=O)c2ccc3c(c2)CCC3)C1=O. The van der Waals surface area contributed by atoms with Gasteiger partial charge in [0.25, 0.3) is 0 Å². The van der Waals surface area contributed by atoms with E-state index in [1.165, 1.54) is 17.5 Å². The van der Waals surface area contributed by atoms with Crippen LogP contribution in [0.15, 0.2) is 18.2 Å². The average molecular weight is 271 g/mol. The first-order chi connectivity index (χ1) is 9.65. The fourth-order valence-corrected chi connectivity index (χ4v) is 3.30. The van der Waals surface area contributed by atoms with Crippen LogP contribution in [0.5, 0.6) is 0 Å². The van der Waals surface area contributed by atoms with Crippen molar-refractivity contribution in [3.8, 4) is 0 Å². The van der Waals surface area contributed by atoms with Crippen molar-refractivity contribution >= 4 is 11.7 Å². The molecule has 1 atom stereocenters. The summed E-state index contributed by atoms with van der Waals surface area (Å²) in [5.41, 5.74) is 3.45. The van der Waals surface area contributed by atoms with E-state index in [0.29, 0.717) is 0 Å². The van der Waals surface area contributed by atoms with Crippen molar-refractivity contribution in [2.24, 2.45) is 5.92 Å². The molecule has 1 heterocycles. The van der Waals surface area contributed by atoms with Gasteiger partial charge >= 0.3 is 0 Å². The van der Waals surface area contributed by atoms with Crippen LogP contribution < -0.4 is 0 Å². The number of likely N-dealkylation sites (tertiary alicyclic amines) is 1. The second-order valence-electron chi connectivity index (χ2n) is 6.06. The predicted molar refractivity (Wildman–Crippen MR) is 77.8 cm³/mol. The van der Waals surface area contributed by atoms with Crippen molar-refractivity contribution < 1.29 is 9.59 Å². The largest absolute Gasteiger partial charge is 0.335 e. The molecular weight excluding hydrogens is 250 g/mol. The lowest BCUT2D eigenvalue weighted by Gasteiger charge is -2.30. The minimum atomic E-state index is 0.0663. The summed E-state index contributed by atoms with van der Waals surface area (Å²) in [5.74, 6) is 0.268. The number of nitrogens with zero attached hydrogens (tertiary/aromatic N) is 1. The molecule has 1 aromatic carbocycles. The van der Waals surface area contributed by atoms with Gasteiger partial charge in [0.15, 0.2) is 5.78 Å². The van der Waals surface area contributed by atoms with Crippen molar-refractivity contribution in [1.82, 2.24) is 4.90 Å². The summed E-state index contributed by atoms with van der Waals surface area (Å²) in [6.45, 7) is 2.91. The molecule has 0 spiro atoms. The Morgan fingerprint density at radius 2 is 2.05 bits per heavy atom. The fraction of sp³-hybridized carbons (Fsp3) is 0.529. The zero-order valence-corrected chi connectivity index (χ0v) is 12.0. The highest BCUT2D eigenvalue weighted by atomic mass is 16.2. The van der Waals surface area contributed by atoms with E-state index in [1.807, 2.05) is 19.1 Å². The van der Waals surface area contributed by atoms with Crippen LogP contribution in [0.1, 0.15) is 47.7 Å². The third-order valence-corrected chi connectivity index (χ3v) is 4.55. The van der Waals surface area contributed by atoms with Crippen LogP contribution in [0.2, 0.25) is 0 Å². The van der Waals surface area contributed by atoms with Crippen LogP contribution in [0.3, 0.4) is 0 Å². The van der Waals surface area contributed by atoms with E-state index in [9.17, 15) is 9.59 Å². The van der Waals surface area contributed by atoms with Crippen LogP contribution in [0.4, 0.5) is 0 Å². The molecule has 3 rings (SSSR count). The normalized spacial score (nSPS) is 21.9. The Labute approximate surface area is 120 Å². The van der Waals surface area contributed by atoms with Gasteiger partial charge in [-0.1, -0.05) is 19.1 Å². The Balaban J connectivity index is 1.71. The number of carbonyl (C=O) groups is 2. The second kappa shape index (κ2) is 5.39. The Morgan fingerprint density at radius 1 is 1.25 bits per heavy atom. The molecule has 1 aromatic rings. The lowest BCUT2D eigenvalue weighted by molar-refractivity contribution is -0.137. The highest BCUT2D eigenvalue weighted by molar-refractivity contribution is 5.99. The number of hydrogen-bond acceptors (Lipinski definition) is 2. The summed E-state index contributed by atoms with van der Waals surface area (Å²) in [7, 11) is 0. The van der Waals surface area contributed by atoms with Crippen LogP contribution >= 0.6 is 0 Å². The molecule has 0 radical (unpaired) electrons. The summed E-state index contributed by atoms with van der Waals surface area (Å²) in [5, 5.41) is 0. The predicted octanol–water partition coefficient (Wildman–Crippen LogP) is 2.62. The van der Waals surface area contributed by atoms with Crippen molar-refractivity contribution in [2.75, 3.05) is 13.1 Å². The minimum Gasteiger partial charge on any atom is -0.335 e. The third-order valence-electron chi connectivity index (χ3n) is 4.55. The van der Waals surface area contributed by atoms with Crippen molar-refractivity contribution in [3.05, 3.63) is 34.9 Å². The number of amides is 1. The fourth-order valence-electron chi connectivity index (χ4n) is 3.30. The van der Waals surface area contributed by atoms with Gasteiger partial charge in [-0.3, -0.25) is 9.59 Å². The summed E-state index contributed by atoms with van der Waals surface area (Å²) >= 11 is 0. The molecule has 3 heteroatoms. The maximum atomic E-state index is 12.4. The smallest absolute Gasteiger partial charge is 0.225 e. The summed E-state index contributed by atoms with van der Waals surface area (Å²) < 4.78 is 0. The van der Waals surface area contributed by atoms with E-state index in [4.69, 9.17) is 0 Å². The first-order valence-corrected chi connectivity index (χ1v) is 7.59. The number of ketones is 1. The number of aryl methyl sites for hydroxylation is 2. The average Bonchev–Trinajstić information content (AvgIpc) is 2.91. The number of piperidine rings is 1. The monoisotopic (exact) mass is 271 g/mol. The molecule has 1 fully saturated rings. The molecule has 106 valence electrons. The summed E-state index contributed by atoms with van der Waals surface area (Å²) in [6, 6.07) is 6.03.